The Balaban J connectivity index is 1.81. The lowest BCUT2D eigenvalue weighted by Crippen LogP contribution is -2.59. The van der Waals surface area contributed by atoms with Gasteiger partial charge in [0.05, 0.1) is 13.5 Å². The largest absolute Gasteiger partial charge is 0.469 e. The van der Waals surface area contributed by atoms with Crippen molar-refractivity contribution >= 4 is 5.97 Å². The summed E-state index contributed by atoms with van der Waals surface area (Å²) < 4.78 is 4.73. The maximum atomic E-state index is 11.3. The molecule has 2 fully saturated rings. The smallest absolute Gasteiger partial charge is 0.307 e. The molecule has 2 N–H and O–H groups in total. The number of methoxy groups -OCH3 is 1. The van der Waals surface area contributed by atoms with Crippen molar-refractivity contribution in [1.29, 1.82) is 0 Å². The van der Waals surface area contributed by atoms with Gasteiger partial charge in [-0.15, -0.1) is 0 Å². The van der Waals surface area contributed by atoms with Crippen molar-refractivity contribution < 1.29 is 9.53 Å². The maximum Gasteiger partial charge on any atom is 0.307 e. The molecule has 2 rings (SSSR count). The fraction of sp³-hybridized carbons (Fsp3) is 0.923. The molecular formula is C13H25N3O2. The van der Waals surface area contributed by atoms with Crippen molar-refractivity contribution in [2.75, 3.05) is 40.3 Å². The standard InChI is InChI=1S/C13H25N3O2/c1-16-5-3-10(4-6-16)12-9-14-8-11(15-12)7-13(17)18-2/h10-12,14-15H,3-9H2,1-2H3. The number of carbonyl (C=O) groups is 1. The highest BCUT2D eigenvalue weighted by Gasteiger charge is 2.30. The first-order valence-corrected chi connectivity index (χ1v) is 6.91. The van der Waals surface area contributed by atoms with E-state index in [0.717, 1.165) is 19.0 Å². The van der Waals surface area contributed by atoms with E-state index < -0.39 is 0 Å². The van der Waals surface area contributed by atoms with E-state index in [-0.39, 0.29) is 12.0 Å². The minimum atomic E-state index is -0.127. The third-order valence-corrected chi connectivity index (χ3v) is 4.18. The Morgan fingerprint density at radius 3 is 2.72 bits per heavy atom. The van der Waals surface area contributed by atoms with Gasteiger partial charge in [-0.05, 0) is 38.9 Å². The first-order chi connectivity index (χ1) is 8.69. The summed E-state index contributed by atoms with van der Waals surface area (Å²) in [5.74, 6) is 0.604. The van der Waals surface area contributed by atoms with Gasteiger partial charge in [-0.2, -0.15) is 0 Å². The van der Waals surface area contributed by atoms with Crippen LogP contribution in [0.15, 0.2) is 0 Å². The van der Waals surface area contributed by atoms with Crippen LogP contribution in [0.25, 0.3) is 0 Å². The van der Waals surface area contributed by atoms with E-state index in [1.807, 2.05) is 0 Å². The highest BCUT2D eigenvalue weighted by Crippen LogP contribution is 2.21. The second-order valence-corrected chi connectivity index (χ2v) is 5.55. The third-order valence-electron chi connectivity index (χ3n) is 4.18. The number of nitrogens with one attached hydrogen (secondary N) is 2. The molecule has 0 aromatic rings. The van der Waals surface area contributed by atoms with Gasteiger partial charge in [0.2, 0.25) is 0 Å². The lowest BCUT2D eigenvalue weighted by atomic mass is 9.87. The molecule has 2 aliphatic heterocycles. The summed E-state index contributed by atoms with van der Waals surface area (Å²) in [6, 6.07) is 0.720. The number of hydrogen-bond acceptors (Lipinski definition) is 5. The highest BCUT2D eigenvalue weighted by atomic mass is 16.5. The monoisotopic (exact) mass is 255 g/mol. The zero-order valence-corrected chi connectivity index (χ0v) is 11.4. The van der Waals surface area contributed by atoms with Crippen molar-refractivity contribution in [2.24, 2.45) is 5.92 Å². The number of ether oxygens (including phenoxy) is 1. The SMILES string of the molecule is COC(=O)CC1CNCC(C2CCN(C)CC2)N1. The van der Waals surface area contributed by atoms with Crippen LogP contribution in [-0.4, -0.2) is 63.3 Å². The van der Waals surface area contributed by atoms with E-state index in [9.17, 15) is 4.79 Å². The molecule has 0 radical (unpaired) electrons. The van der Waals surface area contributed by atoms with Gasteiger partial charge in [0, 0.05) is 25.2 Å². The Morgan fingerprint density at radius 2 is 2.06 bits per heavy atom. The maximum absolute atomic E-state index is 11.3. The molecule has 0 saturated carbocycles. The second kappa shape index (κ2) is 6.50. The zero-order valence-electron chi connectivity index (χ0n) is 11.4. The van der Waals surface area contributed by atoms with E-state index in [4.69, 9.17) is 4.74 Å². The molecule has 2 saturated heterocycles. The number of piperidine rings is 1. The van der Waals surface area contributed by atoms with Crippen LogP contribution < -0.4 is 10.6 Å². The molecule has 104 valence electrons. The molecule has 0 amide bonds. The first kappa shape index (κ1) is 13.8. The molecule has 0 bridgehead atoms. The fourth-order valence-corrected chi connectivity index (χ4v) is 2.98. The van der Waals surface area contributed by atoms with Crippen molar-refractivity contribution in [3.8, 4) is 0 Å². The quantitative estimate of drug-likeness (QED) is 0.685. The van der Waals surface area contributed by atoms with Crippen molar-refractivity contribution in [3.63, 3.8) is 0 Å². The van der Waals surface area contributed by atoms with Crippen LogP contribution in [0.2, 0.25) is 0 Å². The number of nitrogens with zero attached hydrogens (tertiary/aromatic N) is 1. The molecule has 0 aromatic carbocycles. The van der Waals surface area contributed by atoms with Gasteiger partial charge in [-0.1, -0.05) is 0 Å². The number of piperazine rings is 1. The van der Waals surface area contributed by atoms with E-state index in [2.05, 4.69) is 22.6 Å². The Labute approximate surface area is 109 Å². The summed E-state index contributed by atoms with van der Waals surface area (Å²) >= 11 is 0. The van der Waals surface area contributed by atoms with E-state index in [0.29, 0.717) is 12.5 Å². The van der Waals surface area contributed by atoms with Gasteiger partial charge in [-0.25, -0.2) is 0 Å². The lowest BCUT2D eigenvalue weighted by Gasteiger charge is -2.39. The summed E-state index contributed by atoms with van der Waals surface area (Å²) in [5.41, 5.74) is 0. The Kier molecular flexibility index (Phi) is 4.97. The molecule has 18 heavy (non-hydrogen) atoms. The highest BCUT2D eigenvalue weighted by molar-refractivity contribution is 5.69. The summed E-state index contributed by atoms with van der Waals surface area (Å²) in [4.78, 5) is 13.7. The average molecular weight is 255 g/mol. The lowest BCUT2D eigenvalue weighted by molar-refractivity contribution is -0.141. The molecule has 5 heteroatoms. The number of esters is 1. The minimum absolute atomic E-state index is 0.127. The molecular weight excluding hydrogens is 230 g/mol. The predicted octanol–water partition coefficient (Wildman–Crippen LogP) is -0.179. The van der Waals surface area contributed by atoms with Crippen LogP contribution >= 0.6 is 0 Å². The molecule has 2 aliphatic rings. The van der Waals surface area contributed by atoms with Crippen LogP contribution in [-0.2, 0) is 9.53 Å². The average Bonchev–Trinajstić information content (AvgIpc) is 2.40. The first-order valence-electron chi connectivity index (χ1n) is 6.91. The van der Waals surface area contributed by atoms with Crippen LogP contribution in [0.5, 0.6) is 0 Å². The Morgan fingerprint density at radius 1 is 1.33 bits per heavy atom. The van der Waals surface area contributed by atoms with Gasteiger partial charge >= 0.3 is 5.97 Å². The summed E-state index contributed by atoms with van der Waals surface area (Å²) in [5, 5.41) is 7.06. The number of hydrogen-bond donors (Lipinski definition) is 2. The number of rotatable bonds is 3. The summed E-state index contributed by atoms with van der Waals surface area (Å²) in [7, 11) is 3.63. The fourth-order valence-electron chi connectivity index (χ4n) is 2.98. The van der Waals surface area contributed by atoms with E-state index in [1.165, 1.54) is 33.0 Å². The molecule has 0 spiro atoms. The molecule has 0 aromatic heterocycles. The van der Waals surface area contributed by atoms with Crippen LogP contribution in [0.3, 0.4) is 0 Å². The topological polar surface area (TPSA) is 53.6 Å². The van der Waals surface area contributed by atoms with Crippen LogP contribution in [0.1, 0.15) is 19.3 Å². The van der Waals surface area contributed by atoms with Gasteiger partial charge in [0.15, 0.2) is 0 Å². The van der Waals surface area contributed by atoms with E-state index in [1.54, 1.807) is 0 Å². The number of likely N-dealkylation sites (tertiary alicyclic amines) is 1. The van der Waals surface area contributed by atoms with Crippen molar-refractivity contribution in [2.45, 2.75) is 31.3 Å². The zero-order chi connectivity index (χ0) is 13.0. The van der Waals surface area contributed by atoms with Crippen molar-refractivity contribution in [1.82, 2.24) is 15.5 Å². The molecule has 5 nitrogen and oxygen atoms in total. The predicted molar refractivity (Wildman–Crippen MR) is 70.4 cm³/mol. The van der Waals surface area contributed by atoms with Crippen LogP contribution in [0.4, 0.5) is 0 Å². The Bertz CT molecular complexity index is 277. The van der Waals surface area contributed by atoms with Gasteiger partial charge in [-0.3, -0.25) is 4.79 Å². The third kappa shape index (κ3) is 3.67. The molecule has 2 atom stereocenters. The van der Waals surface area contributed by atoms with Gasteiger partial charge < -0.3 is 20.3 Å². The normalized spacial score (nSPS) is 31.2. The van der Waals surface area contributed by atoms with Gasteiger partial charge in [0.25, 0.3) is 0 Å². The second-order valence-electron chi connectivity index (χ2n) is 5.55. The molecule has 0 aliphatic carbocycles. The minimum Gasteiger partial charge on any atom is -0.469 e. The Hall–Kier alpha value is -0.650. The summed E-state index contributed by atoms with van der Waals surface area (Å²) in [6.45, 7) is 4.25. The van der Waals surface area contributed by atoms with Crippen molar-refractivity contribution in [3.05, 3.63) is 0 Å². The summed E-state index contributed by atoms with van der Waals surface area (Å²) in [6.07, 6.45) is 2.97. The van der Waals surface area contributed by atoms with E-state index >= 15 is 0 Å². The molecule has 2 unspecified atom stereocenters. The number of carbonyl (C=O) groups excluding carboxylic acids is 1. The van der Waals surface area contributed by atoms with Gasteiger partial charge in [0.1, 0.15) is 0 Å². The molecule has 2 heterocycles. The van der Waals surface area contributed by atoms with Crippen LogP contribution in [0, 0.1) is 5.92 Å².